The van der Waals surface area contributed by atoms with Crippen molar-refractivity contribution in [3.8, 4) is 11.4 Å². The van der Waals surface area contributed by atoms with E-state index in [1.165, 1.54) is 37.1 Å². The highest BCUT2D eigenvalue weighted by Crippen LogP contribution is 2.32. The molecular weight excluding hydrogens is 433 g/mol. The molecule has 8 heteroatoms. The fourth-order valence-corrected chi connectivity index (χ4v) is 3.59. The van der Waals surface area contributed by atoms with Gasteiger partial charge in [-0.25, -0.2) is 0 Å². The Kier molecular flexibility index (Phi) is 5.68. The molecule has 0 radical (unpaired) electrons. The maximum atomic E-state index is 13.4. The van der Waals surface area contributed by atoms with E-state index in [1.807, 2.05) is 0 Å². The van der Waals surface area contributed by atoms with Crippen LogP contribution in [0.15, 0.2) is 83.8 Å². The minimum absolute atomic E-state index is 0.0844. The molecule has 1 aromatic heterocycles. The Morgan fingerprint density at radius 2 is 1.61 bits per heavy atom. The number of carbonyl (C=O) groups is 1. The first kappa shape index (κ1) is 22.1. The van der Waals surface area contributed by atoms with Crippen molar-refractivity contribution in [3.63, 3.8) is 0 Å². The van der Waals surface area contributed by atoms with E-state index in [-0.39, 0.29) is 16.8 Å². The van der Waals surface area contributed by atoms with Gasteiger partial charge in [-0.15, -0.1) is 0 Å². The van der Waals surface area contributed by atoms with Gasteiger partial charge in [-0.05, 0) is 48.5 Å². The van der Waals surface area contributed by atoms with Crippen molar-refractivity contribution < 1.29 is 22.7 Å². The number of hydrogen-bond acceptors (Lipinski definition) is 3. The number of alkyl halides is 3. The van der Waals surface area contributed by atoms with Crippen LogP contribution in [-0.4, -0.2) is 24.6 Å². The van der Waals surface area contributed by atoms with Gasteiger partial charge in [0.25, 0.3) is 11.5 Å². The molecule has 1 amide bonds. The second-order valence-electron chi connectivity index (χ2n) is 7.37. The van der Waals surface area contributed by atoms with Crippen molar-refractivity contribution in [2.24, 2.45) is 0 Å². The molecule has 0 N–H and O–H groups in total. The third-order valence-corrected chi connectivity index (χ3v) is 5.37. The normalized spacial score (nSPS) is 11.4. The first-order valence-electron chi connectivity index (χ1n) is 9.95. The number of pyridine rings is 1. The number of nitrogens with zero attached hydrogens (tertiary/aromatic N) is 2. The SMILES string of the molecule is COc1ccc(-n2cc(C(=O)N(C)c3cccc(C(F)(F)F)c3)c3ccccc3c2=O)cc1. The molecule has 0 aliphatic carbocycles. The summed E-state index contributed by atoms with van der Waals surface area (Å²) in [6.07, 6.45) is -3.12. The minimum atomic E-state index is -4.53. The highest BCUT2D eigenvalue weighted by Gasteiger charge is 2.31. The predicted molar refractivity (Wildman–Crippen MR) is 120 cm³/mol. The van der Waals surface area contributed by atoms with Crippen LogP contribution in [0.25, 0.3) is 16.5 Å². The van der Waals surface area contributed by atoms with E-state index in [1.54, 1.807) is 48.5 Å². The van der Waals surface area contributed by atoms with Crippen LogP contribution in [0.1, 0.15) is 15.9 Å². The van der Waals surface area contributed by atoms with Crippen LogP contribution in [0.4, 0.5) is 18.9 Å². The number of benzene rings is 3. The molecule has 0 unspecified atom stereocenters. The van der Waals surface area contributed by atoms with E-state index in [0.717, 1.165) is 17.0 Å². The van der Waals surface area contributed by atoms with Gasteiger partial charge in [-0.3, -0.25) is 14.2 Å². The topological polar surface area (TPSA) is 51.5 Å². The van der Waals surface area contributed by atoms with Crippen molar-refractivity contribution in [3.05, 3.63) is 100 Å². The molecule has 33 heavy (non-hydrogen) atoms. The Bertz CT molecular complexity index is 1390. The maximum Gasteiger partial charge on any atom is 0.416 e. The molecule has 0 spiro atoms. The number of amides is 1. The fourth-order valence-electron chi connectivity index (χ4n) is 3.59. The molecule has 5 nitrogen and oxygen atoms in total. The van der Waals surface area contributed by atoms with E-state index < -0.39 is 17.6 Å². The second-order valence-corrected chi connectivity index (χ2v) is 7.37. The Balaban J connectivity index is 1.85. The highest BCUT2D eigenvalue weighted by atomic mass is 19.4. The van der Waals surface area contributed by atoms with E-state index >= 15 is 0 Å². The van der Waals surface area contributed by atoms with Gasteiger partial charge in [0.1, 0.15) is 5.75 Å². The number of halogens is 3. The average molecular weight is 452 g/mol. The molecule has 0 fully saturated rings. The zero-order chi connectivity index (χ0) is 23.8. The molecule has 0 saturated heterocycles. The summed E-state index contributed by atoms with van der Waals surface area (Å²) >= 11 is 0. The van der Waals surface area contributed by atoms with E-state index in [0.29, 0.717) is 22.2 Å². The van der Waals surface area contributed by atoms with Crippen LogP contribution in [0, 0.1) is 0 Å². The minimum Gasteiger partial charge on any atom is -0.497 e. The number of carbonyl (C=O) groups excluding carboxylic acids is 1. The van der Waals surface area contributed by atoms with Crippen molar-refractivity contribution in [2.75, 3.05) is 19.1 Å². The van der Waals surface area contributed by atoms with Gasteiger partial charge in [-0.2, -0.15) is 13.2 Å². The van der Waals surface area contributed by atoms with Crippen LogP contribution < -0.4 is 15.2 Å². The summed E-state index contributed by atoms with van der Waals surface area (Å²) in [6.45, 7) is 0. The zero-order valence-corrected chi connectivity index (χ0v) is 17.8. The smallest absolute Gasteiger partial charge is 0.416 e. The Morgan fingerprint density at radius 3 is 2.24 bits per heavy atom. The molecule has 0 bridgehead atoms. The van der Waals surface area contributed by atoms with Gasteiger partial charge < -0.3 is 9.64 Å². The second kappa shape index (κ2) is 8.46. The number of methoxy groups -OCH3 is 1. The van der Waals surface area contributed by atoms with Gasteiger partial charge in [0.15, 0.2) is 0 Å². The third-order valence-electron chi connectivity index (χ3n) is 5.37. The third kappa shape index (κ3) is 4.19. The molecule has 3 aromatic carbocycles. The summed E-state index contributed by atoms with van der Waals surface area (Å²) in [5, 5.41) is 0.729. The standard InChI is InChI=1S/C25H19F3N2O3/c1-29(18-7-5-6-16(14-18)25(26,27)28)23(31)22-15-30(17-10-12-19(33-2)13-11-17)24(32)21-9-4-3-8-20(21)22/h3-15H,1-2H3. The monoisotopic (exact) mass is 452 g/mol. The number of aromatic nitrogens is 1. The first-order valence-corrected chi connectivity index (χ1v) is 9.95. The molecule has 0 aliphatic heterocycles. The summed E-state index contributed by atoms with van der Waals surface area (Å²) in [7, 11) is 2.92. The number of hydrogen-bond donors (Lipinski definition) is 0. The number of fused-ring (bicyclic) bond motifs is 1. The Morgan fingerprint density at radius 1 is 0.939 bits per heavy atom. The molecule has 4 aromatic rings. The van der Waals surface area contributed by atoms with Gasteiger partial charge in [0.05, 0.1) is 18.2 Å². The predicted octanol–water partition coefficient (Wildman–Crippen LogP) is 5.29. The number of ether oxygens (including phenoxy) is 1. The van der Waals surface area contributed by atoms with E-state index in [4.69, 9.17) is 4.74 Å². The summed E-state index contributed by atoms with van der Waals surface area (Å²) in [5.41, 5.74) is -0.397. The summed E-state index contributed by atoms with van der Waals surface area (Å²) in [5.74, 6) is 0.0564. The molecule has 1 heterocycles. The van der Waals surface area contributed by atoms with Crippen molar-refractivity contribution in [1.82, 2.24) is 4.57 Å². The lowest BCUT2D eigenvalue weighted by atomic mass is 10.1. The van der Waals surface area contributed by atoms with Gasteiger partial charge in [-0.1, -0.05) is 24.3 Å². The fraction of sp³-hybridized carbons (Fsp3) is 0.120. The molecule has 4 rings (SSSR count). The van der Waals surface area contributed by atoms with E-state index in [2.05, 4.69) is 0 Å². The van der Waals surface area contributed by atoms with Gasteiger partial charge in [0.2, 0.25) is 0 Å². The first-order chi connectivity index (χ1) is 15.7. The van der Waals surface area contributed by atoms with Crippen LogP contribution in [-0.2, 0) is 6.18 Å². The Hall–Kier alpha value is -4.07. The lowest BCUT2D eigenvalue weighted by Gasteiger charge is -2.20. The quantitative estimate of drug-likeness (QED) is 0.423. The molecular formula is C25H19F3N2O3. The van der Waals surface area contributed by atoms with Gasteiger partial charge in [0, 0.05) is 35.4 Å². The van der Waals surface area contributed by atoms with Crippen LogP contribution in [0.2, 0.25) is 0 Å². The van der Waals surface area contributed by atoms with Gasteiger partial charge >= 0.3 is 6.18 Å². The van der Waals surface area contributed by atoms with Crippen molar-refractivity contribution >= 4 is 22.4 Å². The zero-order valence-electron chi connectivity index (χ0n) is 17.8. The Labute approximate surface area is 187 Å². The summed E-state index contributed by atoms with van der Waals surface area (Å²) in [4.78, 5) is 27.7. The molecule has 0 saturated carbocycles. The summed E-state index contributed by atoms with van der Waals surface area (Å²) in [6, 6.07) is 17.9. The van der Waals surface area contributed by atoms with Crippen LogP contribution in [0.3, 0.4) is 0 Å². The number of rotatable bonds is 4. The van der Waals surface area contributed by atoms with Crippen LogP contribution in [0.5, 0.6) is 5.75 Å². The molecule has 168 valence electrons. The molecule has 0 atom stereocenters. The van der Waals surface area contributed by atoms with Crippen molar-refractivity contribution in [1.29, 1.82) is 0 Å². The van der Waals surface area contributed by atoms with Crippen LogP contribution >= 0.6 is 0 Å². The average Bonchev–Trinajstić information content (AvgIpc) is 2.83. The lowest BCUT2D eigenvalue weighted by Crippen LogP contribution is -2.29. The van der Waals surface area contributed by atoms with E-state index in [9.17, 15) is 22.8 Å². The lowest BCUT2D eigenvalue weighted by molar-refractivity contribution is -0.137. The summed E-state index contributed by atoms with van der Waals surface area (Å²) < 4.78 is 46.0. The molecule has 0 aliphatic rings. The van der Waals surface area contributed by atoms with Crippen molar-refractivity contribution in [2.45, 2.75) is 6.18 Å². The maximum absolute atomic E-state index is 13.4. The largest absolute Gasteiger partial charge is 0.497 e. The highest BCUT2D eigenvalue weighted by molar-refractivity contribution is 6.13. The number of anilines is 1.